The highest BCUT2D eigenvalue weighted by molar-refractivity contribution is 6.16. The summed E-state index contributed by atoms with van der Waals surface area (Å²) in [5, 5.41) is 3.05. The van der Waals surface area contributed by atoms with Crippen LogP contribution in [0.3, 0.4) is 0 Å². The first-order valence-electron chi connectivity index (χ1n) is 14.8. The third kappa shape index (κ3) is 4.23. The van der Waals surface area contributed by atoms with Crippen molar-refractivity contribution in [2.45, 2.75) is 24.4 Å². The van der Waals surface area contributed by atoms with Gasteiger partial charge in [0.15, 0.2) is 23.1 Å². The second-order valence-electron chi connectivity index (χ2n) is 11.5. The Bertz CT molecular complexity index is 1950. The Hall–Kier alpha value is -5.70. The Morgan fingerprint density at radius 1 is 0.804 bits per heavy atom. The molecule has 0 radical (unpaired) electrons. The number of esters is 1. The number of rotatable bonds is 7. The van der Waals surface area contributed by atoms with Crippen molar-refractivity contribution in [3.63, 3.8) is 0 Å². The first-order chi connectivity index (χ1) is 22.3. The van der Waals surface area contributed by atoms with E-state index in [1.54, 1.807) is 42.5 Å². The molecule has 9 nitrogen and oxygen atoms in total. The zero-order valence-corrected chi connectivity index (χ0v) is 25.4. The van der Waals surface area contributed by atoms with E-state index in [2.05, 4.69) is 5.32 Å². The van der Waals surface area contributed by atoms with E-state index in [0.717, 1.165) is 11.1 Å². The third-order valence-corrected chi connectivity index (χ3v) is 9.19. The molecule has 4 atom stereocenters. The van der Waals surface area contributed by atoms with Gasteiger partial charge in [-0.3, -0.25) is 19.2 Å². The summed E-state index contributed by atoms with van der Waals surface area (Å²) in [5.41, 5.74) is 2.10. The maximum Gasteiger partial charge on any atom is 0.308 e. The summed E-state index contributed by atoms with van der Waals surface area (Å²) in [6.07, 6.45) is 3.73. The predicted octanol–water partition coefficient (Wildman–Crippen LogP) is 5.61. The number of para-hydroxylation sites is 1. The molecule has 4 aromatic carbocycles. The lowest BCUT2D eigenvalue weighted by Crippen LogP contribution is -2.49. The van der Waals surface area contributed by atoms with Crippen molar-refractivity contribution in [3.8, 4) is 17.2 Å². The molecule has 9 heteroatoms. The van der Waals surface area contributed by atoms with Gasteiger partial charge >= 0.3 is 5.97 Å². The summed E-state index contributed by atoms with van der Waals surface area (Å²) in [4.78, 5) is 57.8. The van der Waals surface area contributed by atoms with Crippen molar-refractivity contribution in [1.29, 1.82) is 0 Å². The van der Waals surface area contributed by atoms with E-state index in [1.807, 2.05) is 65.7 Å². The van der Waals surface area contributed by atoms with Crippen molar-refractivity contribution in [2.75, 3.05) is 19.5 Å². The number of hydrogen-bond donors (Lipinski definition) is 1. The van der Waals surface area contributed by atoms with Crippen LogP contribution in [-0.2, 0) is 15.0 Å². The van der Waals surface area contributed by atoms with Crippen molar-refractivity contribution in [1.82, 2.24) is 4.90 Å². The molecule has 3 aliphatic rings. The van der Waals surface area contributed by atoms with Gasteiger partial charge in [0.05, 0.1) is 26.2 Å². The number of carbonyl (C=O) groups excluding carboxylic acids is 4. The highest BCUT2D eigenvalue weighted by Crippen LogP contribution is 2.62. The van der Waals surface area contributed by atoms with E-state index in [-0.39, 0.29) is 23.0 Å². The number of amides is 1. The summed E-state index contributed by atoms with van der Waals surface area (Å²) >= 11 is 0. The molecule has 1 amide bonds. The van der Waals surface area contributed by atoms with Crippen LogP contribution >= 0.6 is 0 Å². The second-order valence-corrected chi connectivity index (χ2v) is 11.5. The van der Waals surface area contributed by atoms with Crippen molar-refractivity contribution in [3.05, 3.63) is 125 Å². The number of methoxy groups -OCH3 is 2. The van der Waals surface area contributed by atoms with E-state index in [4.69, 9.17) is 14.2 Å². The molecule has 0 aromatic heterocycles. The average Bonchev–Trinajstić information content (AvgIpc) is 3.55. The summed E-state index contributed by atoms with van der Waals surface area (Å²) in [5.74, 6) is -1.65. The van der Waals surface area contributed by atoms with Crippen LogP contribution in [0.1, 0.15) is 50.4 Å². The Balaban J connectivity index is 1.48. The minimum absolute atomic E-state index is 0.277. The molecule has 4 aromatic rings. The molecule has 1 fully saturated rings. The predicted molar refractivity (Wildman–Crippen MR) is 170 cm³/mol. The SMILES string of the molecule is COc1ccc(C(=O)[C@@H]2[C@@H](C(=O)c3ccc(OC(C)=O)cc3)N3C=Cc4ccccc4[C@@H]3[C@@]23C(=O)Nc2ccccc23)cc1OC. The lowest BCUT2D eigenvalue weighted by Gasteiger charge is -2.38. The topological polar surface area (TPSA) is 111 Å². The quantitative estimate of drug-likeness (QED) is 0.163. The van der Waals surface area contributed by atoms with E-state index in [1.165, 1.54) is 21.1 Å². The first kappa shape index (κ1) is 29.0. The molecule has 7 rings (SSSR count). The van der Waals surface area contributed by atoms with Crippen LogP contribution in [0.4, 0.5) is 5.69 Å². The number of nitrogens with one attached hydrogen (secondary N) is 1. The summed E-state index contributed by atoms with van der Waals surface area (Å²) in [6, 6.07) is 24.4. The van der Waals surface area contributed by atoms with Gasteiger partial charge in [-0.05, 0) is 71.3 Å². The molecule has 0 aliphatic carbocycles. The number of carbonyl (C=O) groups is 4. The van der Waals surface area contributed by atoms with Crippen LogP contribution in [0, 0.1) is 5.92 Å². The lowest BCUT2D eigenvalue weighted by atomic mass is 9.62. The fourth-order valence-electron chi connectivity index (χ4n) is 7.36. The maximum atomic E-state index is 15.1. The van der Waals surface area contributed by atoms with Crippen LogP contribution in [0.5, 0.6) is 17.2 Å². The lowest BCUT2D eigenvalue weighted by molar-refractivity contribution is -0.131. The molecule has 0 unspecified atom stereocenters. The van der Waals surface area contributed by atoms with Crippen LogP contribution in [0.25, 0.3) is 6.08 Å². The van der Waals surface area contributed by atoms with E-state index in [9.17, 15) is 14.4 Å². The monoisotopic (exact) mass is 614 g/mol. The molecular weight excluding hydrogens is 584 g/mol. The molecule has 3 heterocycles. The molecule has 1 spiro atoms. The second kappa shape index (κ2) is 11.0. The molecule has 1 N–H and O–H groups in total. The summed E-state index contributed by atoms with van der Waals surface area (Å²) in [6.45, 7) is 1.30. The zero-order valence-electron chi connectivity index (χ0n) is 25.4. The Morgan fingerprint density at radius 2 is 1.50 bits per heavy atom. The van der Waals surface area contributed by atoms with Gasteiger partial charge in [-0.25, -0.2) is 0 Å². The third-order valence-electron chi connectivity index (χ3n) is 9.19. The van der Waals surface area contributed by atoms with Gasteiger partial charge in [0, 0.05) is 29.9 Å². The van der Waals surface area contributed by atoms with Crippen molar-refractivity contribution < 1.29 is 33.4 Å². The number of hydrogen-bond acceptors (Lipinski definition) is 8. The van der Waals surface area contributed by atoms with Gasteiger partial charge in [0.2, 0.25) is 5.91 Å². The van der Waals surface area contributed by atoms with Gasteiger partial charge in [0.1, 0.15) is 17.2 Å². The number of nitrogens with zero attached hydrogens (tertiary/aromatic N) is 1. The van der Waals surface area contributed by atoms with Gasteiger partial charge in [-0.2, -0.15) is 0 Å². The van der Waals surface area contributed by atoms with Crippen molar-refractivity contribution in [2.24, 2.45) is 5.92 Å². The van der Waals surface area contributed by atoms with Gasteiger partial charge in [-0.1, -0.05) is 42.5 Å². The smallest absolute Gasteiger partial charge is 0.308 e. The summed E-state index contributed by atoms with van der Waals surface area (Å²) in [7, 11) is 2.99. The Kier molecular flexibility index (Phi) is 6.96. The molecule has 3 aliphatic heterocycles. The van der Waals surface area contributed by atoms with E-state index >= 15 is 4.79 Å². The fourth-order valence-corrected chi connectivity index (χ4v) is 7.36. The van der Waals surface area contributed by atoms with Crippen molar-refractivity contribution >= 4 is 35.2 Å². The molecule has 0 saturated carbocycles. The highest BCUT2D eigenvalue weighted by Gasteiger charge is 2.70. The number of benzene rings is 4. The van der Waals surface area contributed by atoms with E-state index < -0.39 is 29.4 Å². The maximum absolute atomic E-state index is 15.1. The summed E-state index contributed by atoms with van der Waals surface area (Å²) < 4.78 is 16.1. The van der Waals surface area contributed by atoms with E-state index in [0.29, 0.717) is 34.1 Å². The number of ketones is 2. The van der Waals surface area contributed by atoms with Crippen LogP contribution in [-0.4, -0.2) is 48.6 Å². The minimum atomic E-state index is -1.47. The van der Waals surface area contributed by atoms with Crippen LogP contribution < -0.4 is 19.5 Å². The first-order valence-corrected chi connectivity index (χ1v) is 14.8. The molecule has 0 bridgehead atoms. The molecule has 230 valence electrons. The fraction of sp³-hybridized carbons (Fsp3) is 0.189. The standard InChI is InChI=1S/C37H30N2O7/c1-21(40)46-25-15-12-23(13-16-25)34(42)32-31(33(41)24-14-17-29(44-2)30(20-24)45-3)37(27-10-6-7-11-28(27)38-36(37)43)35-26-9-5-4-8-22(26)18-19-39(32)35/h4-20,31-32,35H,1-3H3,(H,38,43)/t31-,32-,35+,37-/m0/s1. The van der Waals surface area contributed by atoms with Crippen LogP contribution in [0.15, 0.2) is 97.2 Å². The normalized spacial score (nSPS) is 22.0. The number of ether oxygens (including phenoxy) is 3. The molecule has 46 heavy (non-hydrogen) atoms. The van der Waals surface area contributed by atoms with Gasteiger partial charge in [-0.15, -0.1) is 0 Å². The Labute approximate surface area is 265 Å². The number of Topliss-reactive ketones (excluding diaryl/α,β-unsaturated/α-hetero) is 2. The van der Waals surface area contributed by atoms with Gasteiger partial charge in [0.25, 0.3) is 0 Å². The Morgan fingerprint density at radius 3 is 2.24 bits per heavy atom. The average molecular weight is 615 g/mol. The highest BCUT2D eigenvalue weighted by atomic mass is 16.5. The molecular formula is C37H30N2O7. The number of fused-ring (bicyclic) bond motifs is 6. The molecule has 1 saturated heterocycles. The van der Waals surface area contributed by atoms with Gasteiger partial charge < -0.3 is 24.4 Å². The van der Waals surface area contributed by atoms with Crippen LogP contribution in [0.2, 0.25) is 0 Å². The zero-order chi connectivity index (χ0) is 32.2. The largest absolute Gasteiger partial charge is 0.493 e. The minimum Gasteiger partial charge on any atom is -0.493 e. The number of anilines is 1.